The Labute approximate surface area is 134 Å². The van der Waals surface area contributed by atoms with Gasteiger partial charge in [-0.25, -0.2) is 4.39 Å². The number of carbonyl (C=O) groups excluding carboxylic acids is 2. The molecule has 2 amide bonds. The molecule has 0 unspecified atom stereocenters. The van der Waals surface area contributed by atoms with Crippen LogP contribution in [0.3, 0.4) is 0 Å². The van der Waals surface area contributed by atoms with E-state index in [1.165, 1.54) is 11.0 Å². The van der Waals surface area contributed by atoms with Gasteiger partial charge < -0.3 is 15.0 Å². The van der Waals surface area contributed by atoms with Crippen molar-refractivity contribution in [1.82, 2.24) is 10.2 Å². The Morgan fingerprint density at radius 1 is 1.30 bits per heavy atom. The summed E-state index contributed by atoms with van der Waals surface area (Å²) in [5.74, 6) is -0.978. The molecule has 1 saturated heterocycles. The number of ether oxygens (including phenoxy) is 1. The number of carbonyl (C=O) groups is 2. The minimum atomic E-state index is -0.893. The van der Waals surface area contributed by atoms with Crippen LogP contribution in [-0.2, 0) is 14.3 Å². The summed E-state index contributed by atoms with van der Waals surface area (Å²) in [7, 11) is 1.58. The highest BCUT2D eigenvalue weighted by Crippen LogP contribution is 2.31. The quantitative estimate of drug-likeness (QED) is 0.923. The number of rotatable bonds is 3. The molecule has 5 nitrogen and oxygen atoms in total. The van der Waals surface area contributed by atoms with Crippen LogP contribution in [-0.4, -0.2) is 42.5 Å². The normalized spacial score (nSPS) is 25.7. The lowest BCUT2D eigenvalue weighted by molar-refractivity contribution is -0.162. The van der Waals surface area contributed by atoms with Crippen molar-refractivity contribution in [2.75, 3.05) is 13.7 Å². The lowest BCUT2D eigenvalue weighted by Gasteiger charge is -2.38. The number of amides is 2. The van der Waals surface area contributed by atoms with E-state index in [1.807, 2.05) is 0 Å². The van der Waals surface area contributed by atoms with Crippen LogP contribution in [0.4, 0.5) is 4.39 Å². The Kier molecular flexibility index (Phi) is 4.61. The fraction of sp³-hybridized carbons (Fsp3) is 0.529. The first-order chi connectivity index (χ1) is 11.1. The number of nitrogens with one attached hydrogen (secondary N) is 1. The van der Waals surface area contributed by atoms with E-state index in [0.717, 1.165) is 25.7 Å². The van der Waals surface area contributed by atoms with Crippen LogP contribution in [0.1, 0.15) is 37.3 Å². The van der Waals surface area contributed by atoms with Crippen molar-refractivity contribution >= 4 is 11.8 Å². The maximum atomic E-state index is 14.2. The van der Waals surface area contributed by atoms with E-state index in [9.17, 15) is 14.0 Å². The molecule has 0 bridgehead atoms. The predicted molar refractivity (Wildman–Crippen MR) is 82.0 cm³/mol. The highest BCUT2D eigenvalue weighted by atomic mass is 19.1. The van der Waals surface area contributed by atoms with Gasteiger partial charge in [0, 0.05) is 18.7 Å². The van der Waals surface area contributed by atoms with Gasteiger partial charge in [-0.1, -0.05) is 31.0 Å². The second kappa shape index (κ2) is 6.66. The summed E-state index contributed by atoms with van der Waals surface area (Å²) in [5, 5.41) is 2.98. The van der Waals surface area contributed by atoms with Crippen LogP contribution in [0.2, 0.25) is 0 Å². The van der Waals surface area contributed by atoms with Crippen LogP contribution in [0, 0.1) is 5.82 Å². The van der Waals surface area contributed by atoms with Crippen molar-refractivity contribution in [2.45, 2.75) is 43.9 Å². The molecule has 1 aromatic rings. The Morgan fingerprint density at radius 2 is 2.00 bits per heavy atom. The Hall–Kier alpha value is -1.95. The average molecular weight is 320 g/mol. The van der Waals surface area contributed by atoms with Crippen molar-refractivity contribution in [3.8, 4) is 0 Å². The molecule has 1 N–H and O–H groups in total. The van der Waals surface area contributed by atoms with E-state index in [0.29, 0.717) is 5.56 Å². The second-order valence-electron chi connectivity index (χ2n) is 6.19. The zero-order chi connectivity index (χ0) is 16.4. The first-order valence-electron chi connectivity index (χ1n) is 8.00. The number of morpholine rings is 1. The van der Waals surface area contributed by atoms with Gasteiger partial charge in [0.25, 0.3) is 5.91 Å². The number of likely N-dealkylation sites (N-methyl/N-ethyl adjacent to an activating group) is 1. The molecule has 2 atom stereocenters. The van der Waals surface area contributed by atoms with E-state index < -0.39 is 18.0 Å². The zero-order valence-corrected chi connectivity index (χ0v) is 13.1. The number of hydrogen-bond donors (Lipinski definition) is 1. The molecular weight excluding hydrogens is 299 g/mol. The first-order valence-corrected chi connectivity index (χ1v) is 8.00. The molecule has 2 fully saturated rings. The molecule has 23 heavy (non-hydrogen) atoms. The number of benzene rings is 1. The van der Waals surface area contributed by atoms with Crippen LogP contribution in [0.5, 0.6) is 0 Å². The Morgan fingerprint density at radius 3 is 2.70 bits per heavy atom. The van der Waals surface area contributed by atoms with Crippen molar-refractivity contribution in [3.63, 3.8) is 0 Å². The Bertz CT molecular complexity index is 601. The van der Waals surface area contributed by atoms with Crippen molar-refractivity contribution in [2.24, 2.45) is 0 Å². The third-order valence-corrected chi connectivity index (χ3v) is 4.67. The summed E-state index contributed by atoms with van der Waals surface area (Å²) in [6.07, 6.45) is 3.22. The van der Waals surface area contributed by atoms with Crippen LogP contribution < -0.4 is 5.32 Å². The number of halogens is 1. The molecule has 1 aliphatic carbocycles. The average Bonchev–Trinajstić information content (AvgIpc) is 3.03. The van der Waals surface area contributed by atoms with Gasteiger partial charge in [-0.05, 0) is 18.9 Å². The third-order valence-electron chi connectivity index (χ3n) is 4.67. The smallest absolute Gasteiger partial charge is 0.251 e. The summed E-state index contributed by atoms with van der Waals surface area (Å²) in [6, 6.07) is 5.59. The van der Waals surface area contributed by atoms with E-state index in [-0.39, 0.29) is 24.5 Å². The molecule has 0 aromatic heterocycles. The minimum absolute atomic E-state index is 0.148. The summed E-state index contributed by atoms with van der Waals surface area (Å²) in [4.78, 5) is 26.0. The van der Waals surface area contributed by atoms with Crippen LogP contribution in [0.25, 0.3) is 0 Å². The highest BCUT2D eigenvalue weighted by Gasteiger charge is 2.41. The first kappa shape index (κ1) is 15.9. The minimum Gasteiger partial charge on any atom is -0.356 e. The molecule has 1 saturated carbocycles. The van der Waals surface area contributed by atoms with E-state index in [2.05, 4.69) is 5.32 Å². The topological polar surface area (TPSA) is 58.6 Å². The third kappa shape index (κ3) is 3.22. The molecule has 124 valence electrons. The van der Waals surface area contributed by atoms with Gasteiger partial charge in [0.15, 0.2) is 6.10 Å². The molecule has 1 aromatic carbocycles. The van der Waals surface area contributed by atoms with Crippen molar-refractivity contribution in [1.29, 1.82) is 0 Å². The summed E-state index contributed by atoms with van der Waals surface area (Å²) in [6.45, 7) is -0.162. The monoisotopic (exact) mass is 320 g/mol. The summed E-state index contributed by atoms with van der Waals surface area (Å²) in [5.41, 5.74) is 0.301. The van der Waals surface area contributed by atoms with Gasteiger partial charge in [0.2, 0.25) is 5.91 Å². The van der Waals surface area contributed by atoms with Gasteiger partial charge in [-0.15, -0.1) is 0 Å². The number of nitrogens with zero attached hydrogens (tertiary/aromatic N) is 1. The fourth-order valence-corrected chi connectivity index (χ4v) is 3.37. The molecule has 1 heterocycles. The number of hydrogen-bond acceptors (Lipinski definition) is 3. The van der Waals surface area contributed by atoms with Crippen molar-refractivity contribution < 1.29 is 18.7 Å². The van der Waals surface area contributed by atoms with E-state index in [1.54, 1.807) is 25.2 Å². The largest absolute Gasteiger partial charge is 0.356 e. The molecule has 6 heteroatoms. The van der Waals surface area contributed by atoms with E-state index in [4.69, 9.17) is 4.74 Å². The summed E-state index contributed by atoms with van der Waals surface area (Å²) < 4.78 is 19.7. The van der Waals surface area contributed by atoms with Gasteiger partial charge in [-0.2, -0.15) is 0 Å². The molecule has 0 spiro atoms. The van der Waals surface area contributed by atoms with Crippen molar-refractivity contribution in [3.05, 3.63) is 35.6 Å². The van der Waals surface area contributed by atoms with Gasteiger partial charge >= 0.3 is 0 Å². The molecule has 1 aliphatic heterocycles. The molecular formula is C17H21FN2O3. The van der Waals surface area contributed by atoms with Crippen LogP contribution >= 0.6 is 0 Å². The lowest BCUT2D eigenvalue weighted by Crippen LogP contribution is -2.54. The molecule has 2 aliphatic rings. The van der Waals surface area contributed by atoms with Gasteiger partial charge in [0.05, 0.1) is 6.04 Å². The highest BCUT2D eigenvalue weighted by molar-refractivity contribution is 5.86. The SMILES string of the molecule is CN1C(=O)CO[C@@H](C(=O)NC2CCCC2)[C@H]1c1ccccc1F. The molecule has 0 radical (unpaired) electrons. The van der Waals surface area contributed by atoms with Crippen LogP contribution in [0.15, 0.2) is 24.3 Å². The predicted octanol–water partition coefficient (Wildman–Crippen LogP) is 1.78. The van der Waals surface area contributed by atoms with E-state index >= 15 is 0 Å². The maximum Gasteiger partial charge on any atom is 0.251 e. The lowest BCUT2D eigenvalue weighted by atomic mass is 9.97. The van der Waals surface area contributed by atoms with Gasteiger partial charge in [0.1, 0.15) is 12.4 Å². The fourth-order valence-electron chi connectivity index (χ4n) is 3.37. The second-order valence-corrected chi connectivity index (χ2v) is 6.19. The zero-order valence-electron chi connectivity index (χ0n) is 13.1. The van der Waals surface area contributed by atoms with Gasteiger partial charge in [-0.3, -0.25) is 9.59 Å². The maximum absolute atomic E-state index is 14.2. The summed E-state index contributed by atoms with van der Waals surface area (Å²) >= 11 is 0. The standard InChI is InChI=1S/C17H21FN2O3/c1-20-14(21)10-23-16(17(22)19-11-6-2-3-7-11)15(20)12-8-4-5-9-13(12)18/h4-5,8-9,11,15-16H,2-3,6-7,10H2,1H3,(H,19,22)/t15-,16-/m1/s1. The Balaban J connectivity index is 1.85. The molecule has 3 rings (SSSR count).